The number of anilines is 3. The number of thiazole rings is 1. The summed E-state index contributed by atoms with van der Waals surface area (Å²) in [4.78, 5) is 35.1. The summed E-state index contributed by atoms with van der Waals surface area (Å²) in [5.74, 6) is -0.0690. The van der Waals surface area contributed by atoms with Gasteiger partial charge in [-0.2, -0.15) is 0 Å². The minimum Gasteiger partial charge on any atom is -0.758 e. The fourth-order valence-corrected chi connectivity index (χ4v) is 14.9. The van der Waals surface area contributed by atoms with Gasteiger partial charge in [-0.15, -0.1) is 11.3 Å². The molecule has 80 heavy (non-hydrogen) atoms. The topological polar surface area (TPSA) is 198 Å². The number of carbonyl (C=O) groups excluding carboxylic acids is 1. The first-order valence-electron chi connectivity index (χ1n) is 27.8. The first-order chi connectivity index (χ1) is 38.4. The third-order valence-corrected chi connectivity index (χ3v) is 19.6. The molecule has 6 aromatic rings. The minimum absolute atomic E-state index is 0.0131. The summed E-state index contributed by atoms with van der Waals surface area (Å²) in [6.45, 7) is 12.1. The number of fused-ring (bicyclic) bond motifs is 2. The predicted octanol–water partition coefficient (Wildman–Crippen LogP) is 10.6. The van der Waals surface area contributed by atoms with Crippen LogP contribution >= 0.6 is 11.3 Å². The minimum atomic E-state index is -4.69. The van der Waals surface area contributed by atoms with Gasteiger partial charge in [0.05, 0.1) is 52.7 Å². The maximum atomic E-state index is 15.1. The highest BCUT2D eigenvalue weighted by Gasteiger charge is 2.50. The number of methoxy groups -OCH3 is 2. The molecule has 2 aliphatic heterocycles. The van der Waals surface area contributed by atoms with Crippen LogP contribution in [0, 0.1) is 16.5 Å². The van der Waals surface area contributed by atoms with Crippen molar-refractivity contribution in [1.82, 2.24) is 29.5 Å². The maximum Gasteiger partial charge on any atom is 0.268 e. The number of halogens is 1. The van der Waals surface area contributed by atoms with Gasteiger partial charge in [0.25, 0.3) is 21.8 Å². The summed E-state index contributed by atoms with van der Waals surface area (Å²) in [5, 5.41) is 27.7. The number of rotatable bonds is 17. The van der Waals surface area contributed by atoms with E-state index >= 15 is 4.39 Å². The van der Waals surface area contributed by atoms with Crippen molar-refractivity contribution in [2.45, 2.75) is 114 Å². The normalized spacial score (nSPS) is 21.5. The number of sulfonamides is 1. The first kappa shape index (κ1) is 55.5. The molecule has 3 aromatic heterocycles. The van der Waals surface area contributed by atoms with E-state index in [1.807, 2.05) is 19.2 Å². The molecule has 3 N–H and O–H groups in total. The molecule has 1 spiro atoms. The van der Waals surface area contributed by atoms with Crippen molar-refractivity contribution < 1.29 is 36.9 Å². The molecule has 20 heteroatoms. The number of aromatic nitrogens is 3. The number of hydrogen-bond acceptors (Lipinski definition) is 17. The lowest BCUT2D eigenvalue weighted by molar-refractivity contribution is -0.0628. The molecule has 1 atom stereocenters. The second kappa shape index (κ2) is 22.5. The third kappa shape index (κ3) is 11.3. The van der Waals surface area contributed by atoms with Crippen molar-refractivity contribution in [3.8, 4) is 23.3 Å². The highest BCUT2D eigenvalue weighted by atomic mass is 32.2. The molecule has 0 unspecified atom stereocenters. The number of ether oxygens (including phenoxy) is 3. The van der Waals surface area contributed by atoms with E-state index < -0.39 is 27.4 Å². The zero-order chi connectivity index (χ0) is 56.1. The smallest absolute Gasteiger partial charge is 0.268 e. The number of hydrogen-bond donors (Lipinski definition) is 3. The van der Waals surface area contributed by atoms with Gasteiger partial charge in [-0.1, -0.05) is 38.1 Å². The van der Waals surface area contributed by atoms with Gasteiger partial charge in [0.1, 0.15) is 22.0 Å². The highest BCUT2D eigenvalue weighted by molar-refractivity contribution is 7.90. The van der Waals surface area contributed by atoms with Crippen molar-refractivity contribution in [3.05, 3.63) is 123 Å². The zero-order valence-corrected chi connectivity index (χ0v) is 48.0. The Balaban J connectivity index is 0.826. The fraction of sp³-hybridized carbons (Fsp3) is 0.467. The van der Waals surface area contributed by atoms with E-state index in [1.165, 1.54) is 65.9 Å². The molecule has 424 valence electrons. The zero-order valence-electron chi connectivity index (χ0n) is 46.3. The molecule has 11 rings (SSSR count). The van der Waals surface area contributed by atoms with Crippen LogP contribution in [-0.2, 0) is 23.0 Å². The largest absolute Gasteiger partial charge is 0.758 e. The van der Waals surface area contributed by atoms with E-state index in [0.717, 1.165) is 83.5 Å². The van der Waals surface area contributed by atoms with Crippen molar-refractivity contribution in [2.24, 2.45) is 11.3 Å². The van der Waals surface area contributed by atoms with Gasteiger partial charge in [0.15, 0.2) is 5.75 Å². The van der Waals surface area contributed by atoms with Crippen molar-refractivity contribution in [2.75, 3.05) is 75.8 Å². The summed E-state index contributed by atoms with van der Waals surface area (Å²) in [6, 6.07) is 21.5. The van der Waals surface area contributed by atoms with Crippen LogP contribution in [-0.4, -0.2) is 116 Å². The number of carbonyl (C=O) groups is 1. The van der Waals surface area contributed by atoms with E-state index in [4.69, 9.17) is 14.2 Å². The molecule has 0 radical (unpaired) electrons. The molecular formula is C60H71FN9O8S2-. The van der Waals surface area contributed by atoms with Gasteiger partial charge < -0.3 is 39.8 Å². The van der Waals surface area contributed by atoms with Crippen LogP contribution < -0.4 is 34.2 Å². The Morgan fingerprint density at radius 3 is 2.49 bits per heavy atom. The summed E-state index contributed by atoms with van der Waals surface area (Å²) in [7, 11) is -0.325. The Labute approximate surface area is 471 Å². The van der Waals surface area contributed by atoms with Crippen molar-refractivity contribution in [1.29, 1.82) is 0 Å². The van der Waals surface area contributed by atoms with Crippen LogP contribution in [0.3, 0.4) is 0 Å². The van der Waals surface area contributed by atoms with Crippen LogP contribution in [0.1, 0.15) is 122 Å². The van der Waals surface area contributed by atoms with E-state index in [-0.39, 0.29) is 68.4 Å². The monoisotopic (exact) mass is 1130 g/mol. The number of nitrogens with one attached hydrogen (secondary N) is 2. The molecule has 5 aliphatic rings. The molecule has 3 aromatic carbocycles. The van der Waals surface area contributed by atoms with Gasteiger partial charge in [0.2, 0.25) is 5.88 Å². The van der Waals surface area contributed by atoms with E-state index in [0.29, 0.717) is 58.4 Å². The van der Waals surface area contributed by atoms with Crippen LogP contribution in [0.4, 0.5) is 21.5 Å². The van der Waals surface area contributed by atoms with Gasteiger partial charge in [-0.05, 0) is 136 Å². The Hall–Kier alpha value is -6.42. The molecule has 0 bridgehead atoms. The third-order valence-electron chi connectivity index (χ3n) is 17.4. The summed E-state index contributed by atoms with van der Waals surface area (Å²) in [5.41, 5.74) is 6.95. The SMILES string of the molecule is COc1cc(CN2CCN(C3CC4(CCN(c5ccc(C(=O)NS(=O)(=O)c6cc(N(C)[O-])c(NCC7CCC(C)(O)CC7)c7scnc67)c(Oc6cc7c(nc6OC)CC=C7F)c5)CC4)C3)[C@H](c3ccccc3C(C)C)C2)ccn1. The number of amides is 1. The van der Waals surface area contributed by atoms with Crippen LogP contribution in [0.15, 0.2) is 89.4 Å². The van der Waals surface area contributed by atoms with Gasteiger partial charge in [-0.25, -0.2) is 32.5 Å². The lowest BCUT2D eigenvalue weighted by Crippen LogP contribution is -2.60. The average molecular weight is 1130 g/mol. The molecule has 17 nitrogen and oxygen atoms in total. The van der Waals surface area contributed by atoms with E-state index in [9.17, 15) is 23.5 Å². The Morgan fingerprint density at radius 2 is 1.75 bits per heavy atom. The summed E-state index contributed by atoms with van der Waals surface area (Å²) < 4.78 is 64.4. The van der Waals surface area contributed by atoms with Crippen LogP contribution in [0.5, 0.6) is 23.3 Å². The Bertz CT molecular complexity index is 3420. The Morgan fingerprint density at radius 1 is 0.975 bits per heavy atom. The van der Waals surface area contributed by atoms with Crippen molar-refractivity contribution >= 4 is 60.4 Å². The van der Waals surface area contributed by atoms with Crippen LogP contribution in [0.2, 0.25) is 0 Å². The van der Waals surface area contributed by atoms with Crippen molar-refractivity contribution in [3.63, 3.8) is 0 Å². The highest BCUT2D eigenvalue weighted by Crippen LogP contribution is 2.54. The summed E-state index contributed by atoms with van der Waals surface area (Å²) in [6.07, 6.45) is 10.6. The molecule has 4 fully saturated rings. The quantitative estimate of drug-likeness (QED) is 0.0729. The summed E-state index contributed by atoms with van der Waals surface area (Å²) >= 11 is 1.18. The van der Waals surface area contributed by atoms with Gasteiger partial charge in [0, 0.05) is 93.9 Å². The molecule has 2 saturated carbocycles. The molecule has 3 aliphatic carbocycles. The maximum absolute atomic E-state index is 15.1. The lowest BCUT2D eigenvalue weighted by Gasteiger charge is -2.58. The van der Waals surface area contributed by atoms with E-state index in [2.05, 4.69) is 83.9 Å². The second-order valence-electron chi connectivity index (χ2n) is 23.1. The fourth-order valence-electron chi connectivity index (χ4n) is 12.9. The number of nitrogens with zero attached hydrogens (tertiary/aromatic N) is 7. The van der Waals surface area contributed by atoms with Crippen LogP contribution in [0.25, 0.3) is 16.0 Å². The lowest BCUT2D eigenvalue weighted by atomic mass is 9.59. The first-order valence-corrected chi connectivity index (χ1v) is 30.2. The molecule has 1 amide bonds. The van der Waals surface area contributed by atoms with Gasteiger partial charge >= 0.3 is 0 Å². The number of piperazine rings is 1. The van der Waals surface area contributed by atoms with Gasteiger partial charge in [-0.3, -0.25) is 14.6 Å². The standard InChI is InChI=1S/C60H71FN9O8S2/c1-37(2)42-9-7-8-10-43(42)49-35-68(34-39-17-22-62-53(27-39)76-5)25-26-70(49)41-31-60(32-41)20-23-69(24-21-60)40-11-12-44(50(28-40)78-51-29-45-46(61)13-14-47(45)65-58(51)77-6)57(71)66-80(74,75)52-30-48(67(4)73)54(56-55(52)64-36-79-56)63-33-38-15-18-59(3,72)19-16-38/h7-13,17,22,27-30,36-38,41,49,63,72H,14-16,18-21,23-26,31-35H2,1-6H3,(H,66,71)/q-1/t38?,49-,59?/m0/s1. The number of benzene rings is 3. The average Bonchev–Trinajstić information content (AvgIpc) is 4.20. The number of pyridine rings is 2. The number of hydroxylamine groups is 1. The van der Waals surface area contributed by atoms with E-state index in [1.54, 1.807) is 25.3 Å². The Kier molecular flexibility index (Phi) is 15.6. The molecular weight excluding hydrogens is 1060 g/mol. The molecule has 5 heterocycles. The second-order valence-corrected chi connectivity index (χ2v) is 25.6. The number of allylic oxidation sites excluding steroid dienone is 1. The molecule has 2 saturated heterocycles. The number of aliphatic hydroxyl groups is 1. The number of piperidine rings is 1. The predicted molar refractivity (Wildman–Crippen MR) is 310 cm³/mol.